The van der Waals surface area contributed by atoms with Crippen molar-refractivity contribution in [1.29, 1.82) is 0 Å². The highest BCUT2D eigenvalue weighted by Crippen LogP contribution is 2.42. The number of nitrogens with zero attached hydrogens (tertiary/aromatic N) is 4. The first-order valence-electron chi connectivity index (χ1n) is 33.3. The van der Waals surface area contributed by atoms with Crippen molar-refractivity contribution < 1.29 is 82.3 Å². The number of benzene rings is 11. The number of rotatable bonds is 21. The lowest BCUT2D eigenvalue weighted by atomic mass is 9.83. The van der Waals surface area contributed by atoms with E-state index in [2.05, 4.69) is 106 Å². The number of fused-ring (bicyclic) bond motifs is 9. The van der Waals surface area contributed by atoms with E-state index in [0.717, 1.165) is 105 Å². The normalized spacial score (nSPS) is 13.4. The summed E-state index contributed by atoms with van der Waals surface area (Å²) < 4.78 is 153. The first-order chi connectivity index (χ1) is 51.8. The van der Waals surface area contributed by atoms with Crippen LogP contribution < -0.4 is 14.4 Å². The Balaban J connectivity index is 0.737. The Labute approximate surface area is 602 Å². The lowest BCUT2D eigenvalue weighted by molar-refractivity contribution is -0.153. The predicted octanol–water partition coefficient (Wildman–Crippen LogP) is 22.9. The summed E-state index contributed by atoms with van der Waals surface area (Å²) in [6.45, 7) is 1.38. The van der Waals surface area contributed by atoms with Gasteiger partial charge in [-0.05, 0) is 218 Å². The van der Waals surface area contributed by atoms with E-state index in [1.54, 1.807) is 6.92 Å². The number of hydrogen-bond donors (Lipinski definition) is 0. The van der Waals surface area contributed by atoms with Gasteiger partial charge in [0.1, 0.15) is 37.1 Å². The molecule has 0 spiro atoms. The van der Waals surface area contributed by atoms with Gasteiger partial charge >= 0.3 is 54.2 Å². The number of allylic oxidation sites excluding steroid dienone is 2. The zero-order valence-corrected chi connectivity index (χ0v) is 56.1. The van der Waals surface area contributed by atoms with Crippen LogP contribution in [-0.2, 0) is 43.6 Å². The SMILES string of the molecule is C[C@]1(C(=O)OCc2ccc3c(c2)c2ccccc2n3-c2ccc(N(c3ccc(-n4c5ccccc5c5cc(COC(=O)c6ccc(OC(F)=C(F)F)cc6)ccc54)cc3)c3ccc(-n4c5ccccc5c5cc(COC(=O)c6ccc(OC(F)=C(F)F)cc6)ccc54)cc3)cc2)C=CC(OC(F)=C(F)F)=CC1. The maximum absolute atomic E-state index is 13.5. The largest absolute Gasteiger partial charge is 0.460 e. The smallest absolute Gasteiger partial charge is 0.344 e. The lowest BCUT2D eigenvalue weighted by Crippen LogP contribution is -2.28. The number of para-hydroxylation sites is 3. The molecule has 3 heterocycles. The molecule has 0 fully saturated rings. The zero-order valence-electron chi connectivity index (χ0n) is 56.1. The van der Waals surface area contributed by atoms with Gasteiger partial charge in [-0.25, -0.2) is 9.59 Å². The summed E-state index contributed by atoms with van der Waals surface area (Å²) in [6.07, 6.45) is -3.73. The van der Waals surface area contributed by atoms with Crippen LogP contribution in [0.2, 0.25) is 0 Å². The van der Waals surface area contributed by atoms with Crippen LogP contribution >= 0.6 is 0 Å². The minimum Gasteiger partial charge on any atom is -0.460 e. The molecule has 0 saturated carbocycles. The average molecular weight is 1450 g/mol. The predicted molar refractivity (Wildman–Crippen MR) is 388 cm³/mol. The van der Waals surface area contributed by atoms with E-state index in [1.807, 2.05) is 127 Å². The van der Waals surface area contributed by atoms with Crippen LogP contribution in [0.4, 0.5) is 56.6 Å². The molecule has 107 heavy (non-hydrogen) atoms. The van der Waals surface area contributed by atoms with Gasteiger partial charge in [-0.2, -0.15) is 39.5 Å². The number of hydrogen-bond acceptors (Lipinski definition) is 10. The van der Waals surface area contributed by atoms with Gasteiger partial charge in [-0.3, -0.25) is 4.79 Å². The van der Waals surface area contributed by atoms with Crippen molar-refractivity contribution >= 4 is 100 Å². The van der Waals surface area contributed by atoms with Gasteiger partial charge in [0, 0.05) is 66.4 Å². The molecule has 15 rings (SSSR count). The van der Waals surface area contributed by atoms with Gasteiger partial charge in [-0.1, -0.05) is 78.9 Å². The van der Waals surface area contributed by atoms with E-state index in [0.29, 0.717) is 11.1 Å². The van der Waals surface area contributed by atoms with Crippen LogP contribution in [0.5, 0.6) is 11.5 Å². The second kappa shape index (κ2) is 29.0. The molecule has 0 amide bonds. The van der Waals surface area contributed by atoms with E-state index >= 15 is 0 Å². The summed E-state index contributed by atoms with van der Waals surface area (Å²) in [6, 6.07) is 69.8. The van der Waals surface area contributed by atoms with Gasteiger partial charge in [-0.15, -0.1) is 0 Å². The van der Waals surface area contributed by atoms with E-state index in [9.17, 15) is 53.9 Å². The Morgan fingerprint density at radius 2 is 0.701 bits per heavy atom. The molecule has 13 nitrogen and oxygen atoms in total. The Hall–Kier alpha value is -13.5. The zero-order chi connectivity index (χ0) is 74.2. The molecule has 14 aromatic rings. The first kappa shape index (κ1) is 69.2. The number of esters is 3. The van der Waals surface area contributed by atoms with Crippen molar-refractivity contribution in [3.8, 4) is 28.6 Å². The molecule has 1 atom stereocenters. The Morgan fingerprint density at radius 3 is 1.04 bits per heavy atom. The molecule has 11 aromatic carbocycles. The van der Waals surface area contributed by atoms with Crippen molar-refractivity contribution in [1.82, 2.24) is 13.7 Å². The minimum atomic E-state index is -2.61. The highest BCUT2D eigenvalue weighted by atomic mass is 19.3. The number of ether oxygens (including phenoxy) is 6. The molecule has 0 bridgehead atoms. The molecule has 0 N–H and O–H groups in total. The van der Waals surface area contributed by atoms with E-state index < -0.39 is 59.6 Å². The van der Waals surface area contributed by atoms with Crippen molar-refractivity contribution in [2.45, 2.75) is 33.2 Å². The summed E-state index contributed by atoms with van der Waals surface area (Å²) in [5, 5.41) is 5.55. The van der Waals surface area contributed by atoms with Gasteiger partial charge in [0.05, 0.1) is 49.6 Å². The monoisotopic (exact) mass is 1450 g/mol. The van der Waals surface area contributed by atoms with Crippen LogP contribution in [0.1, 0.15) is 50.8 Å². The lowest BCUT2D eigenvalue weighted by Gasteiger charge is -2.26. The summed E-state index contributed by atoms with van der Waals surface area (Å²) in [5.74, 6) is -2.55. The van der Waals surface area contributed by atoms with Gasteiger partial charge in [0.2, 0.25) is 0 Å². The molecule has 0 radical (unpaired) electrons. The van der Waals surface area contributed by atoms with Crippen LogP contribution in [-0.4, -0.2) is 31.6 Å². The Morgan fingerprint density at radius 1 is 0.374 bits per heavy atom. The molecule has 532 valence electrons. The van der Waals surface area contributed by atoms with Gasteiger partial charge in [0.25, 0.3) is 0 Å². The fourth-order valence-electron chi connectivity index (χ4n) is 13.3. The van der Waals surface area contributed by atoms with E-state index in [-0.39, 0.29) is 54.6 Å². The fraction of sp³-hybridized carbons (Fsp3) is 0.0706. The number of carbonyl (C=O) groups excluding carboxylic acids is 3. The number of aromatic nitrogens is 3. The summed E-state index contributed by atoms with van der Waals surface area (Å²) in [4.78, 5) is 42.0. The van der Waals surface area contributed by atoms with Crippen LogP contribution in [0.3, 0.4) is 0 Å². The average Bonchev–Trinajstić information content (AvgIpc) is 1.61. The van der Waals surface area contributed by atoms with Gasteiger partial charge in [0.15, 0.2) is 0 Å². The second-order valence-electron chi connectivity index (χ2n) is 25.2. The molecule has 3 aromatic heterocycles. The standard InChI is InChI=1S/C85H55F9N4O9/c1-85(42-40-63(41-43-85)107-81(94)78(90)91)84(101)104-49-52-16-39-75-69(46-52)66-10-4-7-13-72(66)98(75)60-31-25-57(26-32-60)95(55-21-27-58(28-22-55)96-70-11-5-2-8-64(70)67-44-50(14-37-73(67)96)47-102-82(99)53-17-33-61(34-18-53)105-79(92)76(86)87)56-23-29-59(30-24-56)97-71-12-6-3-9-65(71)68-45-51(15-38-74(68)97)48-103-83(100)54-19-35-62(36-20-54)106-80(93)77(88)89/h2-42,44-46H,43,47-49H2,1H3/t85-/m0/s1. The summed E-state index contributed by atoms with van der Waals surface area (Å²) in [7, 11) is 0. The highest BCUT2D eigenvalue weighted by Gasteiger charge is 2.34. The maximum atomic E-state index is 13.5. The van der Waals surface area contributed by atoms with E-state index in [1.165, 1.54) is 66.8 Å². The first-order valence-corrected chi connectivity index (χ1v) is 33.3. The number of anilines is 3. The Kier molecular flexibility index (Phi) is 18.7. The quantitative estimate of drug-likeness (QED) is 0.0297. The summed E-state index contributed by atoms with van der Waals surface area (Å²) in [5.41, 5.74) is 11.6. The van der Waals surface area contributed by atoms with Crippen molar-refractivity contribution in [2.24, 2.45) is 5.41 Å². The van der Waals surface area contributed by atoms with Crippen LogP contribution in [0.25, 0.3) is 82.5 Å². The summed E-state index contributed by atoms with van der Waals surface area (Å²) >= 11 is 0. The third kappa shape index (κ3) is 13.9. The Bertz CT molecular complexity index is 5770. The number of carbonyl (C=O) groups is 3. The topological polar surface area (TPSA) is 125 Å². The molecule has 0 saturated heterocycles. The maximum Gasteiger partial charge on any atom is 0.344 e. The third-order valence-electron chi connectivity index (χ3n) is 18.5. The van der Waals surface area contributed by atoms with Crippen LogP contribution in [0, 0.1) is 5.41 Å². The molecule has 1 aliphatic rings. The number of halogens is 9. The fourth-order valence-corrected chi connectivity index (χ4v) is 13.3. The van der Waals surface area contributed by atoms with E-state index in [4.69, 9.17) is 14.2 Å². The molecule has 0 aliphatic heterocycles. The van der Waals surface area contributed by atoms with Gasteiger partial charge < -0.3 is 47.0 Å². The molecular formula is C85H55F9N4O9. The van der Waals surface area contributed by atoms with Crippen molar-refractivity contribution in [3.63, 3.8) is 0 Å². The molecule has 1 aliphatic carbocycles. The highest BCUT2D eigenvalue weighted by molar-refractivity contribution is 6.12. The van der Waals surface area contributed by atoms with Crippen LogP contribution in [0.15, 0.2) is 309 Å². The third-order valence-corrected chi connectivity index (χ3v) is 18.5. The van der Waals surface area contributed by atoms with Crippen molar-refractivity contribution in [3.05, 3.63) is 337 Å². The van der Waals surface area contributed by atoms with Crippen molar-refractivity contribution in [2.75, 3.05) is 4.90 Å². The molecular weight excluding hydrogens is 1390 g/mol. The molecule has 0 unspecified atom stereocenters. The second-order valence-corrected chi connectivity index (χ2v) is 25.2. The minimum absolute atomic E-state index is 0.0294. The molecule has 22 heteroatoms.